The van der Waals surface area contributed by atoms with Gasteiger partial charge in [0.05, 0.1) is 11.7 Å². The maximum absolute atomic E-state index is 13.5. The fraction of sp³-hybridized carbons (Fsp3) is 0.500. The van der Waals surface area contributed by atoms with E-state index in [4.69, 9.17) is 0 Å². The van der Waals surface area contributed by atoms with E-state index in [2.05, 4.69) is 10.6 Å². The Morgan fingerprint density at radius 3 is 2.68 bits per heavy atom. The fourth-order valence-corrected chi connectivity index (χ4v) is 3.30. The van der Waals surface area contributed by atoms with E-state index >= 15 is 0 Å². The van der Waals surface area contributed by atoms with Gasteiger partial charge in [0.15, 0.2) is 0 Å². The Hall–Kier alpha value is -2.11. The maximum atomic E-state index is 13.5. The predicted molar refractivity (Wildman–Crippen MR) is 80.9 cm³/mol. The van der Waals surface area contributed by atoms with Crippen LogP contribution in [0.25, 0.3) is 0 Å². The molecule has 2 aliphatic rings. The van der Waals surface area contributed by atoms with Crippen LogP contribution >= 0.6 is 0 Å². The minimum Gasteiger partial charge on any atom is -0.338 e. The van der Waals surface area contributed by atoms with Crippen molar-refractivity contribution < 1.29 is 14.0 Å². The number of para-hydroxylation sites is 1. The van der Waals surface area contributed by atoms with Crippen LogP contribution < -0.4 is 10.6 Å². The average Bonchev–Trinajstić information content (AvgIpc) is 3.11. The number of benzene rings is 1. The molecule has 0 spiro atoms. The summed E-state index contributed by atoms with van der Waals surface area (Å²) in [6.45, 7) is 0.550. The van der Waals surface area contributed by atoms with Gasteiger partial charge in [-0.15, -0.1) is 0 Å². The molecule has 118 valence electrons. The smallest absolute Gasteiger partial charge is 0.319 e. The lowest BCUT2D eigenvalue weighted by Crippen LogP contribution is -2.41. The van der Waals surface area contributed by atoms with Crippen LogP contribution in [0.15, 0.2) is 24.3 Å². The summed E-state index contributed by atoms with van der Waals surface area (Å²) in [6.07, 6.45) is 4.77. The van der Waals surface area contributed by atoms with Gasteiger partial charge in [0, 0.05) is 19.0 Å². The first-order chi connectivity index (χ1) is 10.6. The first kappa shape index (κ1) is 14.8. The van der Waals surface area contributed by atoms with E-state index in [1.807, 2.05) is 4.90 Å². The number of carbonyl (C=O) groups excluding carboxylic acids is 2. The van der Waals surface area contributed by atoms with Gasteiger partial charge >= 0.3 is 6.03 Å². The Morgan fingerprint density at radius 2 is 1.95 bits per heavy atom. The number of nitrogens with zero attached hydrogens (tertiary/aromatic N) is 1. The third-order valence-electron chi connectivity index (χ3n) is 4.38. The number of hydrogen-bond acceptors (Lipinski definition) is 2. The number of nitrogens with one attached hydrogen (secondary N) is 2. The summed E-state index contributed by atoms with van der Waals surface area (Å²) < 4.78 is 13.5. The van der Waals surface area contributed by atoms with Crippen LogP contribution in [-0.2, 0) is 4.79 Å². The Kier molecular flexibility index (Phi) is 4.27. The van der Waals surface area contributed by atoms with E-state index in [1.165, 1.54) is 25.0 Å². The molecule has 0 aromatic heterocycles. The molecule has 1 heterocycles. The molecule has 0 radical (unpaired) electrons. The normalized spacial score (nSPS) is 22.1. The molecule has 2 N–H and O–H groups in total. The number of hydrogen-bond donors (Lipinski definition) is 2. The predicted octanol–water partition coefficient (Wildman–Crippen LogP) is 2.49. The van der Waals surface area contributed by atoms with Crippen LogP contribution in [-0.4, -0.2) is 35.5 Å². The molecule has 6 heteroatoms. The van der Waals surface area contributed by atoms with Gasteiger partial charge in [-0.05, 0) is 25.0 Å². The van der Waals surface area contributed by atoms with Crippen molar-refractivity contribution in [2.75, 3.05) is 11.9 Å². The van der Waals surface area contributed by atoms with Crippen LogP contribution in [0, 0.1) is 5.82 Å². The first-order valence-electron chi connectivity index (χ1n) is 7.75. The van der Waals surface area contributed by atoms with E-state index in [1.54, 1.807) is 12.1 Å². The third-order valence-corrected chi connectivity index (χ3v) is 4.38. The molecule has 22 heavy (non-hydrogen) atoms. The molecule has 1 saturated heterocycles. The van der Waals surface area contributed by atoms with Gasteiger partial charge in [0.25, 0.3) is 0 Å². The summed E-state index contributed by atoms with van der Waals surface area (Å²) in [7, 11) is 0. The van der Waals surface area contributed by atoms with Gasteiger partial charge in [-0.2, -0.15) is 0 Å². The second kappa shape index (κ2) is 6.34. The molecule has 1 aromatic rings. The number of halogens is 1. The average molecular weight is 305 g/mol. The van der Waals surface area contributed by atoms with Gasteiger partial charge in [-0.1, -0.05) is 25.0 Å². The van der Waals surface area contributed by atoms with Crippen LogP contribution in [0.2, 0.25) is 0 Å². The van der Waals surface area contributed by atoms with Gasteiger partial charge in [0.2, 0.25) is 5.91 Å². The van der Waals surface area contributed by atoms with Crippen molar-refractivity contribution in [3.8, 4) is 0 Å². The van der Waals surface area contributed by atoms with Crippen LogP contribution in [0.5, 0.6) is 0 Å². The fourth-order valence-electron chi connectivity index (χ4n) is 3.30. The highest BCUT2D eigenvalue weighted by atomic mass is 19.1. The summed E-state index contributed by atoms with van der Waals surface area (Å²) in [4.78, 5) is 25.9. The van der Waals surface area contributed by atoms with Crippen molar-refractivity contribution >= 4 is 17.6 Å². The molecule has 2 fully saturated rings. The van der Waals surface area contributed by atoms with Crippen LogP contribution in [0.1, 0.15) is 32.1 Å². The van der Waals surface area contributed by atoms with Crippen molar-refractivity contribution in [2.24, 2.45) is 0 Å². The zero-order chi connectivity index (χ0) is 15.5. The second-order valence-electron chi connectivity index (χ2n) is 5.96. The zero-order valence-corrected chi connectivity index (χ0v) is 12.3. The lowest BCUT2D eigenvalue weighted by molar-refractivity contribution is -0.129. The van der Waals surface area contributed by atoms with Crippen molar-refractivity contribution in [3.63, 3.8) is 0 Å². The molecular weight excluding hydrogens is 285 g/mol. The Labute approximate surface area is 128 Å². The number of urea groups is 1. The highest BCUT2D eigenvalue weighted by Crippen LogP contribution is 2.27. The Balaban J connectivity index is 1.54. The summed E-state index contributed by atoms with van der Waals surface area (Å²) >= 11 is 0. The third kappa shape index (κ3) is 3.21. The maximum Gasteiger partial charge on any atom is 0.319 e. The molecule has 1 aliphatic heterocycles. The monoisotopic (exact) mass is 305 g/mol. The minimum atomic E-state index is -0.479. The quantitative estimate of drug-likeness (QED) is 0.901. The van der Waals surface area contributed by atoms with E-state index in [0.717, 1.165) is 12.8 Å². The van der Waals surface area contributed by atoms with E-state index < -0.39 is 11.8 Å². The van der Waals surface area contributed by atoms with Crippen LogP contribution in [0.3, 0.4) is 0 Å². The molecule has 3 rings (SSSR count). The Bertz CT molecular complexity index is 572. The summed E-state index contributed by atoms with van der Waals surface area (Å²) in [5.41, 5.74) is 0.136. The van der Waals surface area contributed by atoms with Crippen molar-refractivity contribution in [2.45, 2.75) is 44.2 Å². The molecule has 1 aliphatic carbocycles. The van der Waals surface area contributed by atoms with Gasteiger partial charge < -0.3 is 15.5 Å². The molecule has 1 unspecified atom stereocenters. The second-order valence-corrected chi connectivity index (χ2v) is 5.96. The number of anilines is 1. The molecule has 1 saturated carbocycles. The van der Waals surface area contributed by atoms with Crippen LogP contribution in [0.4, 0.5) is 14.9 Å². The highest BCUT2D eigenvalue weighted by Gasteiger charge is 2.36. The summed E-state index contributed by atoms with van der Waals surface area (Å²) in [5, 5.41) is 5.24. The summed E-state index contributed by atoms with van der Waals surface area (Å²) in [6, 6.07) is 5.65. The number of carbonyl (C=O) groups is 2. The SMILES string of the molecule is O=C(Nc1ccccc1F)NC1CC(=O)N(C2CCCC2)C1. The zero-order valence-electron chi connectivity index (χ0n) is 12.3. The molecule has 0 bridgehead atoms. The van der Waals surface area contributed by atoms with Gasteiger partial charge in [-0.25, -0.2) is 9.18 Å². The highest BCUT2D eigenvalue weighted by molar-refractivity contribution is 5.90. The van der Waals surface area contributed by atoms with E-state index in [-0.39, 0.29) is 17.6 Å². The van der Waals surface area contributed by atoms with Gasteiger partial charge in [-0.3, -0.25) is 4.79 Å². The van der Waals surface area contributed by atoms with Gasteiger partial charge in [0.1, 0.15) is 5.82 Å². The van der Waals surface area contributed by atoms with Crippen molar-refractivity contribution in [3.05, 3.63) is 30.1 Å². The number of rotatable bonds is 3. The van der Waals surface area contributed by atoms with E-state index in [9.17, 15) is 14.0 Å². The standard InChI is InChI=1S/C16H20FN3O2/c17-13-7-3-4-8-14(13)19-16(22)18-11-9-15(21)20(10-11)12-5-1-2-6-12/h3-4,7-8,11-12H,1-2,5-6,9-10H2,(H2,18,19,22). The van der Waals surface area contributed by atoms with E-state index in [0.29, 0.717) is 19.0 Å². The lowest BCUT2D eigenvalue weighted by Gasteiger charge is -2.24. The largest absolute Gasteiger partial charge is 0.338 e. The molecular formula is C16H20FN3O2. The topological polar surface area (TPSA) is 61.4 Å². The molecule has 1 aromatic carbocycles. The first-order valence-corrected chi connectivity index (χ1v) is 7.75. The van der Waals surface area contributed by atoms with Crippen molar-refractivity contribution in [1.29, 1.82) is 0 Å². The summed E-state index contributed by atoms with van der Waals surface area (Å²) in [5.74, 6) is -0.379. The number of likely N-dealkylation sites (tertiary alicyclic amines) is 1. The minimum absolute atomic E-state index is 0.100. The lowest BCUT2D eigenvalue weighted by atomic mass is 10.2. The molecule has 3 amide bonds. The molecule has 5 nitrogen and oxygen atoms in total. The number of amides is 3. The van der Waals surface area contributed by atoms with Crippen molar-refractivity contribution in [1.82, 2.24) is 10.2 Å². The Morgan fingerprint density at radius 1 is 1.23 bits per heavy atom. The molecule has 1 atom stereocenters.